The number of rotatable bonds is 7. The Labute approximate surface area is 218 Å². The van der Waals surface area contributed by atoms with Gasteiger partial charge in [-0.25, -0.2) is 8.93 Å². The topological polar surface area (TPSA) is 29.1 Å². The third kappa shape index (κ3) is 6.85. The molecule has 2 aliphatic carbocycles. The summed E-state index contributed by atoms with van der Waals surface area (Å²) in [5.74, 6) is 0. The van der Waals surface area contributed by atoms with E-state index in [1.807, 2.05) is 0 Å². The lowest BCUT2D eigenvalue weighted by Gasteiger charge is -2.40. The normalized spacial score (nSPS) is 20.2. The van der Waals surface area contributed by atoms with Crippen LogP contribution in [0.1, 0.15) is 113 Å². The summed E-state index contributed by atoms with van der Waals surface area (Å²) in [7, 11) is -1.40. The van der Waals surface area contributed by atoms with Crippen LogP contribution in [0.5, 0.6) is 0 Å². The van der Waals surface area contributed by atoms with Gasteiger partial charge in [-0.3, -0.25) is 0 Å². The van der Waals surface area contributed by atoms with Crippen molar-refractivity contribution in [3.63, 3.8) is 0 Å². The van der Waals surface area contributed by atoms with Crippen LogP contribution in [-0.4, -0.2) is 20.3 Å². The molecule has 0 radical (unpaired) electrons. The van der Waals surface area contributed by atoms with E-state index >= 15 is 0 Å². The standard InChI is InChI=1S/C31H46NOPS/c1-23-20-24(2)22-25(21-23)30(32-35(33)31(3,4)5)28-18-12-13-19-29(28)34(26-14-8-6-9-15-26)27-16-10-7-11-17-27/h12-13,18-22,26-27,30,32H,6-11,14-17H2,1-5H3/t30-,35?/m1/s1. The summed E-state index contributed by atoms with van der Waals surface area (Å²) in [6.07, 6.45) is 14.0. The van der Waals surface area contributed by atoms with Crippen molar-refractivity contribution >= 4 is 24.2 Å². The van der Waals surface area contributed by atoms with Gasteiger partial charge in [-0.1, -0.05) is 100 Å². The first kappa shape index (κ1) is 27.0. The lowest BCUT2D eigenvalue weighted by molar-refractivity contribution is 0.487. The van der Waals surface area contributed by atoms with Gasteiger partial charge >= 0.3 is 0 Å². The Morgan fingerprint density at radius 2 is 1.34 bits per heavy atom. The summed E-state index contributed by atoms with van der Waals surface area (Å²) < 4.78 is 16.8. The zero-order chi connectivity index (χ0) is 25.0. The highest BCUT2D eigenvalue weighted by atomic mass is 32.2. The first-order valence-corrected chi connectivity index (χ1v) is 16.5. The van der Waals surface area contributed by atoms with Crippen LogP contribution in [0.15, 0.2) is 42.5 Å². The van der Waals surface area contributed by atoms with Crippen LogP contribution in [0.25, 0.3) is 0 Å². The van der Waals surface area contributed by atoms with Gasteiger partial charge in [0.15, 0.2) is 0 Å². The average molecular weight is 512 g/mol. The first-order valence-electron chi connectivity index (χ1n) is 13.9. The summed E-state index contributed by atoms with van der Waals surface area (Å²) in [6, 6.07) is 16.0. The largest absolute Gasteiger partial charge is 0.242 e. The Morgan fingerprint density at radius 1 is 0.829 bits per heavy atom. The van der Waals surface area contributed by atoms with E-state index in [1.165, 1.54) is 86.5 Å². The Morgan fingerprint density at radius 3 is 1.86 bits per heavy atom. The maximum atomic E-state index is 13.5. The predicted octanol–water partition coefficient (Wildman–Crippen LogP) is 8.22. The summed E-state index contributed by atoms with van der Waals surface area (Å²) in [4.78, 5) is 0. The van der Waals surface area contributed by atoms with Gasteiger partial charge in [0.1, 0.15) is 0 Å². The quantitative estimate of drug-likeness (QED) is 0.373. The van der Waals surface area contributed by atoms with Crippen LogP contribution in [0.3, 0.4) is 0 Å². The van der Waals surface area contributed by atoms with Crippen molar-refractivity contribution in [2.24, 2.45) is 0 Å². The minimum absolute atomic E-state index is 0.0537. The summed E-state index contributed by atoms with van der Waals surface area (Å²) in [5, 5.41) is 1.59. The Hall–Kier alpha value is -1.02. The molecule has 4 heteroatoms. The average Bonchev–Trinajstić information content (AvgIpc) is 2.83. The van der Waals surface area contributed by atoms with E-state index in [2.05, 4.69) is 81.8 Å². The molecule has 4 rings (SSSR count). The number of hydrogen-bond acceptors (Lipinski definition) is 1. The highest BCUT2D eigenvalue weighted by molar-refractivity contribution is 7.84. The summed E-state index contributed by atoms with van der Waals surface area (Å²) in [5.41, 5.74) is 6.85. The Balaban J connectivity index is 1.82. The van der Waals surface area contributed by atoms with Gasteiger partial charge in [-0.2, -0.15) is 0 Å². The third-order valence-electron chi connectivity index (χ3n) is 7.82. The molecule has 0 saturated heterocycles. The smallest absolute Gasteiger partial charge is 0.0979 e. The van der Waals surface area contributed by atoms with E-state index in [9.17, 15) is 4.21 Å². The molecule has 0 bridgehead atoms. The number of aryl methyl sites for hydroxylation is 2. The molecule has 192 valence electrons. The van der Waals surface area contributed by atoms with Gasteiger partial charge in [0, 0.05) is 0 Å². The van der Waals surface area contributed by atoms with Crippen molar-refractivity contribution in [2.45, 2.75) is 121 Å². The van der Waals surface area contributed by atoms with Crippen molar-refractivity contribution in [3.8, 4) is 0 Å². The molecule has 2 nitrogen and oxygen atoms in total. The second-order valence-electron chi connectivity index (χ2n) is 11.9. The molecule has 0 heterocycles. The molecule has 0 amide bonds. The van der Waals surface area contributed by atoms with Crippen LogP contribution < -0.4 is 10.0 Å². The molecule has 35 heavy (non-hydrogen) atoms. The molecule has 0 aromatic heterocycles. The van der Waals surface area contributed by atoms with Crippen molar-refractivity contribution in [3.05, 3.63) is 64.7 Å². The van der Waals surface area contributed by atoms with Gasteiger partial charge in [-0.15, -0.1) is 0 Å². The molecule has 2 aromatic carbocycles. The van der Waals surface area contributed by atoms with Gasteiger partial charge < -0.3 is 0 Å². The van der Waals surface area contributed by atoms with E-state index in [1.54, 1.807) is 5.30 Å². The van der Waals surface area contributed by atoms with E-state index in [-0.39, 0.29) is 18.7 Å². The van der Waals surface area contributed by atoms with E-state index in [4.69, 9.17) is 0 Å². The van der Waals surface area contributed by atoms with Crippen molar-refractivity contribution in [1.29, 1.82) is 0 Å². The van der Waals surface area contributed by atoms with E-state index < -0.39 is 11.0 Å². The first-order chi connectivity index (χ1) is 16.7. The molecule has 0 spiro atoms. The molecule has 2 aliphatic rings. The minimum atomic E-state index is -1.16. The lowest BCUT2D eigenvalue weighted by Crippen LogP contribution is -2.38. The minimum Gasteiger partial charge on any atom is -0.242 e. The van der Waals surface area contributed by atoms with E-state index in [0.29, 0.717) is 0 Å². The molecule has 2 fully saturated rings. The van der Waals surface area contributed by atoms with Gasteiger partial charge in [0.2, 0.25) is 0 Å². The predicted molar refractivity (Wildman–Crippen MR) is 156 cm³/mol. The molecule has 2 atom stereocenters. The fourth-order valence-corrected chi connectivity index (χ4v) is 11.0. The Bertz CT molecular complexity index is 963. The van der Waals surface area contributed by atoms with Gasteiger partial charge in [0.05, 0.1) is 21.8 Å². The molecule has 1 N–H and O–H groups in total. The second-order valence-corrected chi connectivity index (χ2v) is 16.7. The number of benzene rings is 2. The zero-order valence-corrected chi connectivity index (χ0v) is 24.3. The fourth-order valence-electron chi connectivity index (χ4n) is 6.15. The molecule has 1 unspecified atom stereocenters. The van der Waals surface area contributed by atoms with Crippen molar-refractivity contribution in [1.82, 2.24) is 4.72 Å². The zero-order valence-electron chi connectivity index (χ0n) is 22.6. The molecule has 0 aliphatic heterocycles. The van der Waals surface area contributed by atoms with Crippen LogP contribution in [-0.2, 0) is 11.0 Å². The highest BCUT2D eigenvalue weighted by Gasteiger charge is 2.35. The Kier molecular flexibility index (Phi) is 9.28. The second kappa shape index (κ2) is 12.0. The van der Waals surface area contributed by atoms with Crippen LogP contribution in [0.2, 0.25) is 0 Å². The number of nitrogens with one attached hydrogen (secondary N) is 1. The SMILES string of the molecule is Cc1cc(C)cc([C@@H](NS(=O)C(C)(C)C)c2ccccc2P(C2CCCCC2)C2CCCCC2)c1. The fraction of sp³-hybridized carbons (Fsp3) is 0.613. The third-order valence-corrected chi connectivity index (χ3v) is 13.0. The van der Waals surface area contributed by atoms with E-state index in [0.717, 1.165) is 11.3 Å². The maximum Gasteiger partial charge on any atom is 0.0979 e. The molecular weight excluding hydrogens is 465 g/mol. The van der Waals surface area contributed by atoms with Crippen LogP contribution >= 0.6 is 7.92 Å². The van der Waals surface area contributed by atoms with Gasteiger partial charge in [0.25, 0.3) is 0 Å². The monoisotopic (exact) mass is 511 g/mol. The highest BCUT2D eigenvalue weighted by Crippen LogP contribution is 2.56. The van der Waals surface area contributed by atoms with Crippen molar-refractivity contribution < 1.29 is 4.21 Å². The molecular formula is C31H46NOPS. The lowest BCUT2D eigenvalue weighted by atomic mass is 9.96. The summed E-state index contributed by atoms with van der Waals surface area (Å²) in [6.45, 7) is 10.6. The van der Waals surface area contributed by atoms with Crippen molar-refractivity contribution in [2.75, 3.05) is 0 Å². The van der Waals surface area contributed by atoms with Crippen LogP contribution in [0.4, 0.5) is 0 Å². The summed E-state index contributed by atoms with van der Waals surface area (Å²) >= 11 is 0. The molecule has 2 saturated carbocycles. The van der Waals surface area contributed by atoms with Crippen LogP contribution in [0, 0.1) is 13.8 Å². The number of hydrogen-bond donors (Lipinski definition) is 1. The maximum absolute atomic E-state index is 13.5. The molecule has 2 aromatic rings. The van der Waals surface area contributed by atoms with Gasteiger partial charge in [-0.05, 0) is 88.1 Å².